The second-order valence-corrected chi connectivity index (χ2v) is 7.86. The third-order valence-corrected chi connectivity index (χ3v) is 5.22. The molecular weight excluding hydrogens is 485 g/mol. The molecular formula is C22H15Cl2N5O5. The average molecular weight is 500 g/mol. The molecule has 4 aromatic rings. The van der Waals surface area contributed by atoms with Crippen LogP contribution in [-0.2, 0) is 6.54 Å². The molecule has 0 fully saturated rings. The maximum atomic E-state index is 12.3. The molecule has 34 heavy (non-hydrogen) atoms. The number of amides is 1. The number of nitrogens with zero attached hydrogens (tertiary/aromatic N) is 3. The van der Waals surface area contributed by atoms with Crippen molar-refractivity contribution >= 4 is 29.1 Å². The van der Waals surface area contributed by atoms with E-state index in [2.05, 4.69) is 5.10 Å². The van der Waals surface area contributed by atoms with Crippen LogP contribution in [0.2, 0.25) is 10.0 Å². The zero-order valence-electron chi connectivity index (χ0n) is 17.2. The van der Waals surface area contributed by atoms with E-state index in [1.54, 1.807) is 0 Å². The number of H-pyrrole nitrogens is 1. The number of carbonyl (C=O) groups is 1. The lowest BCUT2D eigenvalue weighted by atomic mass is 10.2. The summed E-state index contributed by atoms with van der Waals surface area (Å²) >= 11 is 12.7. The van der Waals surface area contributed by atoms with Crippen molar-refractivity contribution in [3.8, 4) is 17.2 Å². The third-order valence-electron chi connectivity index (χ3n) is 4.66. The van der Waals surface area contributed by atoms with Gasteiger partial charge in [0, 0.05) is 6.07 Å². The predicted octanol–water partition coefficient (Wildman–Crippen LogP) is 2.33. The first-order valence-electron chi connectivity index (χ1n) is 9.68. The molecule has 0 unspecified atom stereocenters. The third kappa shape index (κ3) is 4.77. The molecule has 4 rings (SSSR count). The Labute approximate surface area is 200 Å². The van der Waals surface area contributed by atoms with E-state index in [1.807, 2.05) is 35.3 Å². The van der Waals surface area contributed by atoms with Gasteiger partial charge in [0.25, 0.3) is 17.0 Å². The number of ether oxygens (including phenoxy) is 1. The SMILES string of the molecule is NC(=O)c1nn(-c2cc(Cl)c(Oc3ccc(=O)n(Cc4ccccc4)c3)c(Cl)c2)c(=O)[nH]c1=O. The topological polar surface area (TPSA) is 142 Å². The molecule has 0 bridgehead atoms. The maximum Gasteiger partial charge on any atom is 0.349 e. The molecule has 10 nitrogen and oxygen atoms in total. The lowest BCUT2D eigenvalue weighted by molar-refractivity contribution is 0.0992. The van der Waals surface area contributed by atoms with E-state index in [-0.39, 0.29) is 27.0 Å². The molecule has 2 aromatic carbocycles. The summed E-state index contributed by atoms with van der Waals surface area (Å²) in [5, 5.41) is 3.70. The van der Waals surface area contributed by atoms with Gasteiger partial charge in [0.15, 0.2) is 5.75 Å². The summed E-state index contributed by atoms with van der Waals surface area (Å²) in [4.78, 5) is 49.5. The van der Waals surface area contributed by atoms with E-state index in [9.17, 15) is 19.2 Å². The minimum atomic E-state index is -1.11. The summed E-state index contributed by atoms with van der Waals surface area (Å²) in [6.45, 7) is 0.334. The van der Waals surface area contributed by atoms with Crippen molar-refractivity contribution in [3.05, 3.63) is 113 Å². The van der Waals surface area contributed by atoms with Crippen molar-refractivity contribution in [1.29, 1.82) is 0 Å². The molecule has 12 heteroatoms. The fraction of sp³-hybridized carbons (Fsp3) is 0.0455. The van der Waals surface area contributed by atoms with Gasteiger partial charge in [-0.2, -0.15) is 9.78 Å². The van der Waals surface area contributed by atoms with E-state index in [0.29, 0.717) is 12.3 Å². The molecule has 1 amide bonds. The highest BCUT2D eigenvalue weighted by Crippen LogP contribution is 2.37. The Hall–Kier alpha value is -4.15. The van der Waals surface area contributed by atoms with Crippen molar-refractivity contribution in [1.82, 2.24) is 19.3 Å². The molecule has 2 aromatic heterocycles. The summed E-state index contributed by atoms with van der Waals surface area (Å²) in [5.41, 5.74) is 3.27. The minimum absolute atomic E-state index is 0.00355. The first-order chi connectivity index (χ1) is 16.2. The highest BCUT2D eigenvalue weighted by atomic mass is 35.5. The van der Waals surface area contributed by atoms with Crippen LogP contribution in [0, 0.1) is 0 Å². The van der Waals surface area contributed by atoms with Gasteiger partial charge in [0.05, 0.1) is 28.5 Å². The quantitative estimate of drug-likeness (QED) is 0.416. The molecule has 0 atom stereocenters. The van der Waals surface area contributed by atoms with Crippen LogP contribution in [0.4, 0.5) is 0 Å². The van der Waals surface area contributed by atoms with E-state index in [0.717, 1.165) is 10.2 Å². The highest BCUT2D eigenvalue weighted by molar-refractivity contribution is 6.37. The Morgan fingerprint density at radius 3 is 2.35 bits per heavy atom. The standard InChI is InChI=1S/C22H15Cl2N5O5/c23-15-8-13(29-22(33)26-21(32)18(27-29)20(25)31)9-16(24)19(15)34-14-6-7-17(30)28(11-14)10-12-4-2-1-3-5-12/h1-9,11H,10H2,(H2,25,31)(H,26,32,33). The number of hydrogen-bond acceptors (Lipinski definition) is 6. The predicted molar refractivity (Wildman–Crippen MR) is 125 cm³/mol. The van der Waals surface area contributed by atoms with Crippen LogP contribution in [0.3, 0.4) is 0 Å². The van der Waals surface area contributed by atoms with E-state index >= 15 is 0 Å². The smallest absolute Gasteiger partial charge is 0.349 e. The monoisotopic (exact) mass is 499 g/mol. The minimum Gasteiger partial charge on any atom is -0.453 e. The zero-order valence-corrected chi connectivity index (χ0v) is 18.7. The van der Waals surface area contributed by atoms with Crippen LogP contribution in [0.5, 0.6) is 11.5 Å². The molecule has 172 valence electrons. The fourth-order valence-electron chi connectivity index (χ4n) is 3.09. The molecule has 3 N–H and O–H groups in total. The first kappa shape index (κ1) is 23.0. The van der Waals surface area contributed by atoms with Crippen molar-refractivity contribution in [3.63, 3.8) is 0 Å². The summed E-state index contributed by atoms with van der Waals surface area (Å²) in [6.07, 6.45) is 1.52. The number of benzene rings is 2. The van der Waals surface area contributed by atoms with Crippen LogP contribution in [-0.4, -0.2) is 25.2 Å². The number of nitrogens with two attached hydrogens (primary N) is 1. The Morgan fingerprint density at radius 2 is 1.71 bits per heavy atom. The molecule has 0 saturated carbocycles. The second kappa shape index (κ2) is 9.38. The number of pyridine rings is 1. The van der Waals surface area contributed by atoms with Gasteiger partial charge in [-0.1, -0.05) is 53.5 Å². The van der Waals surface area contributed by atoms with Crippen LogP contribution < -0.4 is 27.3 Å². The molecule has 0 aliphatic heterocycles. The van der Waals surface area contributed by atoms with Gasteiger partial charge in [-0.3, -0.25) is 19.4 Å². The summed E-state index contributed by atoms with van der Waals surface area (Å²) in [5.74, 6) is -0.759. The molecule has 2 heterocycles. The first-order valence-corrected chi connectivity index (χ1v) is 10.4. The summed E-state index contributed by atoms with van der Waals surface area (Å²) in [7, 11) is 0. The van der Waals surface area contributed by atoms with Gasteiger partial charge < -0.3 is 15.0 Å². The van der Waals surface area contributed by atoms with Gasteiger partial charge in [0.1, 0.15) is 5.75 Å². The van der Waals surface area contributed by atoms with Crippen LogP contribution in [0.25, 0.3) is 5.69 Å². The van der Waals surface area contributed by atoms with Gasteiger partial charge in [-0.15, -0.1) is 0 Å². The molecule has 0 aliphatic rings. The Morgan fingerprint density at radius 1 is 1.03 bits per heavy atom. The van der Waals surface area contributed by atoms with Crippen molar-refractivity contribution in [2.45, 2.75) is 6.54 Å². The number of rotatable bonds is 6. The van der Waals surface area contributed by atoms with Gasteiger partial charge in [-0.05, 0) is 23.8 Å². The van der Waals surface area contributed by atoms with E-state index < -0.39 is 22.9 Å². The number of carbonyl (C=O) groups excluding carboxylic acids is 1. The van der Waals surface area contributed by atoms with Crippen molar-refractivity contribution in [2.24, 2.45) is 5.73 Å². The van der Waals surface area contributed by atoms with E-state index in [4.69, 9.17) is 33.7 Å². The largest absolute Gasteiger partial charge is 0.453 e. The normalized spacial score (nSPS) is 10.8. The van der Waals surface area contributed by atoms with Crippen molar-refractivity contribution in [2.75, 3.05) is 0 Å². The summed E-state index contributed by atoms with van der Waals surface area (Å²) in [6, 6.07) is 14.8. The van der Waals surface area contributed by atoms with Crippen LogP contribution in [0.15, 0.2) is 75.2 Å². The number of halogens is 2. The Kier molecular flexibility index (Phi) is 6.35. The highest BCUT2D eigenvalue weighted by Gasteiger charge is 2.17. The maximum absolute atomic E-state index is 12.3. The second-order valence-electron chi connectivity index (χ2n) is 7.04. The lowest BCUT2D eigenvalue weighted by Gasteiger charge is -2.13. The Balaban J connectivity index is 1.68. The summed E-state index contributed by atoms with van der Waals surface area (Å²) < 4.78 is 8.01. The number of hydrogen-bond donors (Lipinski definition) is 2. The van der Waals surface area contributed by atoms with Gasteiger partial charge in [0.2, 0.25) is 5.69 Å². The fourth-order valence-corrected chi connectivity index (χ4v) is 3.65. The molecule has 0 saturated heterocycles. The lowest BCUT2D eigenvalue weighted by Crippen LogP contribution is -2.37. The number of aromatic amines is 1. The van der Waals surface area contributed by atoms with Crippen LogP contribution in [0.1, 0.15) is 16.1 Å². The molecule has 0 spiro atoms. The van der Waals surface area contributed by atoms with Gasteiger partial charge >= 0.3 is 5.69 Å². The number of aromatic nitrogens is 4. The Bertz CT molecular complexity index is 1550. The zero-order chi connectivity index (χ0) is 24.4. The van der Waals surface area contributed by atoms with E-state index in [1.165, 1.54) is 35.0 Å². The number of nitrogens with one attached hydrogen (secondary N) is 1. The van der Waals surface area contributed by atoms with Crippen LogP contribution >= 0.6 is 23.2 Å². The number of primary amides is 1. The molecule has 0 radical (unpaired) electrons. The van der Waals surface area contributed by atoms with Crippen molar-refractivity contribution < 1.29 is 9.53 Å². The average Bonchev–Trinajstić information content (AvgIpc) is 2.78. The molecule has 0 aliphatic carbocycles. The van der Waals surface area contributed by atoms with Gasteiger partial charge in [-0.25, -0.2) is 4.79 Å².